The highest BCUT2D eigenvalue weighted by atomic mass is 32.2. The van der Waals surface area contributed by atoms with E-state index >= 15 is 0 Å². The van der Waals surface area contributed by atoms with Gasteiger partial charge in [-0.25, -0.2) is 0 Å². The van der Waals surface area contributed by atoms with Crippen molar-refractivity contribution in [1.29, 1.82) is 0 Å². The number of nitrogens with one attached hydrogen (secondary N) is 2. The van der Waals surface area contributed by atoms with E-state index in [1.165, 1.54) is 0 Å². The second kappa shape index (κ2) is 13.2. The Balaban J connectivity index is 1.41. The van der Waals surface area contributed by atoms with Crippen LogP contribution in [0.5, 0.6) is 11.5 Å². The Labute approximate surface area is 242 Å². The first kappa shape index (κ1) is 29.4. The van der Waals surface area contributed by atoms with Crippen molar-refractivity contribution < 1.29 is 28.7 Å². The molecule has 0 saturated carbocycles. The van der Waals surface area contributed by atoms with Crippen LogP contribution in [0.3, 0.4) is 0 Å². The molecule has 0 aromatic heterocycles. The van der Waals surface area contributed by atoms with Crippen LogP contribution in [0.4, 0.5) is 16.2 Å². The van der Waals surface area contributed by atoms with E-state index < -0.39 is 23.6 Å². The van der Waals surface area contributed by atoms with E-state index in [4.69, 9.17) is 9.47 Å². The van der Waals surface area contributed by atoms with Crippen molar-refractivity contribution in [2.24, 2.45) is 0 Å². The second-order valence-corrected chi connectivity index (χ2v) is 10.4. The lowest BCUT2D eigenvalue weighted by Gasteiger charge is -2.14. The third-order valence-electron chi connectivity index (χ3n) is 6.31. The third kappa shape index (κ3) is 7.55. The molecule has 1 heterocycles. The number of imide groups is 1. The Morgan fingerprint density at radius 2 is 1.66 bits per heavy atom. The minimum absolute atomic E-state index is 0.183. The number of carbonyl (C=O) groups is 4. The molecular weight excluding hydrogens is 542 g/mol. The van der Waals surface area contributed by atoms with E-state index in [0.717, 1.165) is 33.4 Å². The molecule has 0 spiro atoms. The van der Waals surface area contributed by atoms with E-state index in [9.17, 15) is 19.2 Å². The highest BCUT2D eigenvalue weighted by Gasteiger charge is 2.36. The zero-order chi connectivity index (χ0) is 29.5. The molecule has 0 aliphatic carbocycles. The average Bonchev–Trinajstić information content (AvgIpc) is 3.19. The number of aryl methyl sites for hydroxylation is 2. The van der Waals surface area contributed by atoms with Gasteiger partial charge in [-0.3, -0.25) is 24.1 Å². The maximum atomic E-state index is 13.0. The van der Waals surface area contributed by atoms with Crippen LogP contribution in [-0.2, 0) is 14.4 Å². The van der Waals surface area contributed by atoms with Crippen molar-refractivity contribution in [3.05, 3.63) is 87.8 Å². The fourth-order valence-corrected chi connectivity index (χ4v) is 4.83. The number of rotatable bonds is 10. The van der Waals surface area contributed by atoms with Crippen LogP contribution in [0, 0.1) is 20.8 Å². The van der Waals surface area contributed by atoms with Crippen molar-refractivity contribution in [3.63, 3.8) is 0 Å². The normalized spacial score (nSPS) is 13.9. The highest BCUT2D eigenvalue weighted by molar-refractivity contribution is 8.18. The minimum atomic E-state index is -0.554. The van der Waals surface area contributed by atoms with Gasteiger partial charge in [-0.2, -0.15) is 0 Å². The molecule has 0 unspecified atom stereocenters. The van der Waals surface area contributed by atoms with Crippen LogP contribution >= 0.6 is 11.8 Å². The number of carbonyl (C=O) groups excluding carboxylic acids is 4. The van der Waals surface area contributed by atoms with Crippen LogP contribution in [0.15, 0.2) is 65.6 Å². The van der Waals surface area contributed by atoms with Gasteiger partial charge < -0.3 is 20.1 Å². The SMILES string of the molecule is CCOc1cc(/C=C2\SC(=O)N(CC(=O)Nc3cccc(C)c3C)C2=O)ccc1OCC(=O)Nc1ccc(C)cc1. The number of anilines is 2. The fraction of sp³-hybridized carbons (Fsp3) is 0.226. The molecule has 10 heteroatoms. The minimum Gasteiger partial charge on any atom is -0.490 e. The Hall–Kier alpha value is -4.57. The zero-order valence-corrected chi connectivity index (χ0v) is 24.1. The molecule has 4 amide bonds. The summed E-state index contributed by atoms with van der Waals surface area (Å²) < 4.78 is 11.4. The number of nitrogens with zero attached hydrogens (tertiary/aromatic N) is 1. The van der Waals surface area contributed by atoms with Gasteiger partial charge in [0.25, 0.3) is 17.1 Å². The molecule has 1 aliphatic rings. The van der Waals surface area contributed by atoms with Gasteiger partial charge in [0.05, 0.1) is 11.5 Å². The molecule has 9 nitrogen and oxygen atoms in total. The molecule has 3 aromatic rings. The Bertz CT molecular complexity index is 1520. The van der Waals surface area contributed by atoms with Gasteiger partial charge in [0.2, 0.25) is 5.91 Å². The van der Waals surface area contributed by atoms with E-state index in [1.54, 1.807) is 30.3 Å². The van der Waals surface area contributed by atoms with Gasteiger partial charge in [0.15, 0.2) is 18.1 Å². The summed E-state index contributed by atoms with van der Waals surface area (Å²) in [6.07, 6.45) is 1.56. The molecule has 1 aliphatic heterocycles. The largest absolute Gasteiger partial charge is 0.490 e. The molecule has 0 bridgehead atoms. The van der Waals surface area contributed by atoms with Crippen molar-refractivity contribution in [1.82, 2.24) is 4.90 Å². The highest BCUT2D eigenvalue weighted by Crippen LogP contribution is 2.35. The monoisotopic (exact) mass is 573 g/mol. The van der Waals surface area contributed by atoms with E-state index in [1.807, 2.05) is 64.1 Å². The summed E-state index contributed by atoms with van der Waals surface area (Å²) in [5.74, 6) is -0.595. The molecule has 0 atom stereocenters. The van der Waals surface area contributed by atoms with Crippen LogP contribution in [-0.4, -0.2) is 47.6 Å². The predicted molar refractivity (Wildman–Crippen MR) is 160 cm³/mol. The lowest BCUT2D eigenvalue weighted by Crippen LogP contribution is -2.36. The van der Waals surface area contributed by atoms with Crippen molar-refractivity contribution in [3.8, 4) is 11.5 Å². The van der Waals surface area contributed by atoms with E-state index in [2.05, 4.69) is 10.6 Å². The topological polar surface area (TPSA) is 114 Å². The van der Waals surface area contributed by atoms with Gasteiger partial charge >= 0.3 is 0 Å². The molecule has 2 N–H and O–H groups in total. The number of thioether (sulfide) groups is 1. The van der Waals surface area contributed by atoms with Gasteiger partial charge in [0, 0.05) is 11.4 Å². The number of amides is 4. The van der Waals surface area contributed by atoms with Crippen molar-refractivity contribution >= 4 is 52.2 Å². The number of hydrogen-bond acceptors (Lipinski definition) is 7. The van der Waals surface area contributed by atoms with Gasteiger partial charge in [0.1, 0.15) is 6.54 Å². The van der Waals surface area contributed by atoms with E-state index in [-0.39, 0.29) is 17.4 Å². The first-order valence-corrected chi connectivity index (χ1v) is 13.8. The zero-order valence-electron chi connectivity index (χ0n) is 23.3. The van der Waals surface area contributed by atoms with Crippen LogP contribution in [0.1, 0.15) is 29.2 Å². The Kier molecular flexibility index (Phi) is 9.46. The summed E-state index contributed by atoms with van der Waals surface area (Å²) in [4.78, 5) is 51.6. The first-order chi connectivity index (χ1) is 19.6. The Morgan fingerprint density at radius 3 is 2.39 bits per heavy atom. The third-order valence-corrected chi connectivity index (χ3v) is 7.22. The fourth-order valence-electron chi connectivity index (χ4n) is 3.99. The second-order valence-electron chi connectivity index (χ2n) is 9.41. The summed E-state index contributed by atoms with van der Waals surface area (Å²) in [6, 6.07) is 18.0. The summed E-state index contributed by atoms with van der Waals surface area (Å²) in [6.45, 7) is 7.34. The van der Waals surface area contributed by atoms with Gasteiger partial charge in [-0.15, -0.1) is 0 Å². The standard InChI is InChI=1S/C31H31N3O6S/c1-5-39-26-15-22(11-14-25(26)40-18-29(36)32-23-12-9-19(2)10-13-23)16-27-30(37)34(31(38)41-27)17-28(35)33-24-8-6-7-20(3)21(24)4/h6-16H,5,17-18H2,1-4H3,(H,32,36)(H,33,35)/b27-16-. The summed E-state index contributed by atoms with van der Waals surface area (Å²) >= 11 is 0.763. The number of hydrogen-bond donors (Lipinski definition) is 2. The van der Waals surface area contributed by atoms with Crippen LogP contribution in [0.25, 0.3) is 6.08 Å². The molecular formula is C31H31N3O6S. The number of ether oxygens (including phenoxy) is 2. The lowest BCUT2D eigenvalue weighted by molar-refractivity contribution is -0.127. The number of benzene rings is 3. The quantitative estimate of drug-likeness (QED) is 0.299. The smallest absolute Gasteiger partial charge is 0.294 e. The average molecular weight is 574 g/mol. The molecule has 0 radical (unpaired) electrons. The van der Waals surface area contributed by atoms with Crippen molar-refractivity contribution in [2.75, 3.05) is 30.4 Å². The summed E-state index contributed by atoms with van der Waals surface area (Å²) in [5.41, 5.74) is 4.92. The first-order valence-electron chi connectivity index (χ1n) is 13.0. The lowest BCUT2D eigenvalue weighted by atomic mass is 10.1. The van der Waals surface area contributed by atoms with E-state index in [0.29, 0.717) is 35.0 Å². The maximum Gasteiger partial charge on any atom is 0.294 e. The van der Waals surface area contributed by atoms with Gasteiger partial charge in [-0.05, 0) is 92.6 Å². The van der Waals surface area contributed by atoms with Crippen LogP contribution < -0.4 is 20.1 Å². The Morgan fingerprint density at radius 1 is 0.902 bits per heavy atom. The predicted octanol–water partition coefficient (Wildman–Crippen LogP) is 5.70. The summed E-state index contributed by atoms with van der Waals surface area (Å²) in [7, 11) is 0. The van der Waals surface area contributed by atoms with Crippen molar-refractivity contribution in [2.45, 2.75) is 27.7 Å². The molecule has 212 valence electrons. The molecule has 41 heavy (non-hydrogen) atoms. The van der Waals surface area contributed by atoms with Crippen LogP contribution in [0.2, 0.25) is 0 Å². The molecule has 4 rings (SSSR count). The summed E-state index contributed by atoms with van der Waals surface area (Å²) in [5, 5.41) is 5.02. The molecule has 1 saturated heterocycles. The maximum absolute atomic E-state index is 13.0. The van der Waals surface area contributed by atoms with Gasteiger partial charge in [-0.1, -0.05) is 35.9 Å². The molecule has 3 aromatic carbocycles. The molecule has 1 fully saturated rings.